The fourth-order valence-corrected chi connectivity index (χ4v) is 13.5. The molecule has 2 aliphatic carbocycles. The van der Waals surface area contributed by atoms with Gasteiger partial charge in [0.25, 0.3) is 0 Å². The number of furan rings is 1. The van der Waals surface area contributed by atoms with Crippen molar-refractivity contribution in [3.8, 4) is 95.5 Å². The minimum Gasteiger partial charge on any atom is -0.456 e. The number of para-hydroxylation sites is 1. The second-order valence-electron chi connectivity index (χ2n) is 21.4. The standard InChI is InChI=1S/C76H46N4O/c1-6-19-47(20-7-1)51-33-38-64-59(43-51)60-44-52(48-21-8-2-9-22-48)34-39-65(60)76(64)63-31-17-16-29-57(63)71-66(76)40-37-56-61-45-53(35-41-67(61)80(72(56)71)55-27-14-5-15-28-55)54-36-42-68-62(46-54)70-58(30-18-32-69(70)81-68)75-78-73(49-23-10-3-11-24-49)77-74(79-75)50-25-12-4-13-26-50/h1-46H. The summed E-state index contributed by atoms with van der Waals surface area (Å²) in [6.07, 6.45) is 0. The third-order valence-corrected chi connectivity index (χ3v) is 17.1. The van der Waals surface area contributed by atoms with Crippen LogP contribution in [0.1, 0.15) is 22.3 Å². The highest BCUT2D eigenvalue weighted by atomic mass is 16.3. The van der Waals surface area contributed by atoms with E-state index in [1.54, 1.807) is 0 Å². The number of aromatic nitrogens is 4. The molecule has 3 aromatic heterocycles. The molecule has 81 heavy (non-hydrogen) atoms. The molecule has 0 amide bonds. The maximum Gasteiger partial charge on any atom is 0.164 e. The summed E-state index contributed by atoms with van der Waals surface area (Å²) in [5.41, 5.74) is 24.6. The molecule has 2 aliphatic rings. The van der Waals surface area contributed by atoms with Gasteiger partial charge in [0, 0.05) is 49.5 Å². The van der Waals surface area contributed by atoms with E-state index in [0.717, 1.165) is 61.0 Å². The fourth-order valence-electron chi connectivity index (χ4n) is 13.5. The molecule has 376 valence electrons. The molecule has 0 radical (unpaired) electrons. The van der Waals surface area contributed by atoms with Crippen LogP contribution in [0.3, 0.4) is 0 Å². The van der Waals surface area contributed by atoms with Crippen molar-refractivity contribution in [3.63, 3.8) is 0 Å². The van der Waals surface area contributed by atoms with Gasteiger partial charge in [0.2, 0.25) is 0 Å². The summed E-state index contributed by atoms with van der Waals surface area (Å²) >= 11 is 0. The van der Waals surface area contributed by atoms with Crippen molar-refractivity contribution in [1.82, 2.24) is 19.5 Å². The van der Waals surface area contributed by atoms with Gasteiger partial charge in [-0.3, -0.25) is 0 Å². The lowest BCUT2D eigenvalue weighted by Crippen LogP contribution is -2.25. The van der Waals surface area contributed by atoms with Crippen molar-refractivity contribution in [2.45, 2.75) is 5.41 Å². The van der Waals surface area contributed by atoms with Gasteiger partial charge in [-0.25, -0.2) is 15.0 Å². The van der Waals surface area contributed by atoms with Crippen LogP contribution in [-0.2, 0) is 5.41 Å². The highest BCUT2D eigenvalue weighted by Gasteiger charge is 2.52. The van der Waals surface area contributed by atoms with E-state index < -0.39 is 5.41 Å². The van der Waals surface area contributed by atoms with Crippen LogP contribution >= 0.6 is 0 Å². The van der Waals surface area contributed by atoms with Gasteiger partial charge in [0.05, 0.1) is 16.4 Å². The van der Waals surface area contributed by atoms with Crippen molar-refractivity contribution in [2.24, 2.45) is 0 Å². The molecule has 12 aromatic carbocycles. The smallest absolute Gasteiger partial charge is 0.164 e. The lowest BCUT2D eigenvalue weighted by atomic mass is 9.70. The third kappa shape index (κ3) is 6.76. The number of rotatable bonds is 7. The Bertz CT molecular complexity index is 4880. The normalized spacial score (nSPS) is 12.8. The number of benzene rings is 12. The summed E-state index contributed by atoms with van der Waals surface area (Å²) < 4.78 is 9.16. The largest absolute Gasteiger partial charge is 0.456 e. The van der Waals surface area contributed by atoms with Crippen LogP contribution in [0.5, 0.6) is 0 Å². The first-order chi connectivity index (χ1) is 40.2. The molecule has 0 atom stereocenters. The van der Waals surface area contributed by atoms with Crippen molar-refractivity contribution >= 4 is 43.7 Å². The summed E-state index contributed by atoms with van der Waals surface area (Å²) in [4.78, 5) is 15.3. The highest BCUT2D eigenvalue weighted by molar-refractivity contribution is 6.18. The van der Waals surface area contributed by atoms with Crippen molar-refractivity contribution in [3.05, 3.63) is 301 Å². The van der Waals surface area contributed by atoms with Crippen LogP contribution in [0.4, 0.5) is 0 Å². The summed E-state index contributed by atoms with van der Waals surface area (Å²) in [7, 11) is 0. The van der Waals surface area contributed by atoms with Gasteiger partial charge in [0.1, 0.15) is 11.2 Å². The number of fused-ring (bicyclic) bond motifs is 17. The van der Waals surface area contributed by atoms with E-state index in [-0.39, 0.29) is 0 Å². The molecule has 0 fully saturated rings. The van der Waals surface area contributed by atoms with Crippen LogP contribution in [0.25, 0.3) is 139 Å². The SMILES string of the molecule is c1ccc(-c2ccc3c(c2)-c2cc(-c4ccccc4)ccc2C32c3ccccc3-c3c2ccc2c4cc(-c5ccc6oc7cccc(-c8nc(-c9ccccc9)nc(-c9ccccc9)n8)c7c6c5)ccc4n(-c4ccccc4)c32)cc1. The van der Waals surface area contributed by atoms with Gasteiger partial charge in [-0.1, -0.05) is 224 Å². The third-order valence-electron chi connectivity index (χ3n) is 17.1. The Labute approximate surface area is 467 Å². The molecule has 3 heterocycles. The molecule has 0 N–H and O–H groups in total. The van der Waals surface area contributed by atoms with Crippen molar-refractivity contribution in [1.29, 1.82) is 0 Å². The van der Waals surface area contributed by atoms with Gasteiger partial charge in [-0.15, -0.1) is 0 Å². The topological polar surface area (TPSA) is 56.7 Å². The van der Waals surface area contributed by atoms with Gasteiger partial charge in [-0.05, 0) is 127 Å². The molecule has 0 bridgehead atoms. The zero-order valence-corrected chi connectivity index (χ0v) is 43.8. The van der Waals surface area contributed by atoms with Gasteiger partial charge in [-0.2, -0.15) is 0 Å². The minimum absolute atomic E-state index is 0.562. The molecule has 15 aromatic rings. The zero-order valence-electron chi connectivity index (χ0n) is 43.8. The Morgan fingerprint density at radius 3 is 1.41 bits per heavy atom. The van der Waals surface area contributed by atoms with Gasteiger partial charge in [0.15, 0.2) is 17.5 Å². The second-order valence-corrected chi connectivity index (χ2v) is 21.4. The summed E-state index contributed by atoms with van der Waals surface area (Å²) in [5, 5.41) is 4.35. The number of hydrogen-bond acceptors (Lipinski definition) is 4. The molecule has 5 heteroatoms. The average molecular weight is 1030 g/mol. The molecule has 0 saturated carbocycles. The van der Waals surface area contributed by atoms with Crippen LogP contribution in [0.15, 0.2) is 283 Å². The predicted molar refractivity (Wildman–Crippen MR) is 330 cm³/mol. The van der Waals surface area contributed by atoms with Gasteiger partial charge >= 0.3 is 0 Å². The minimum atomic E-state index is -0.562. The van der Waals surface area contributed by atoms with E-state index in [0.29, 0.717) is 17.5 Å². The van der Waals surface area contributed by atoms with Crippen molar-refractivity contribution in [2.75, 3.05) is 0 Å². The summed E-state index contributed by atoms with van der Waals surface area (Å²) in [6.45, 7) is 0. The quantitative estimate of drug-likeness (QED) is 0.160. The van der Waals surface area contributed by atoms with Crippen LogP contribution in [0, 0.1) is 0 Å². The first-order valence-electron chi connectivity index (χ1n) is 27.7. The summed E-state index contributed by atoms with van der Waals surface area (Å²) in [5.74, 6) is 1.82. The zero-order chi connectivity index (χ0) is 53.2. The molecule has 0 unspecified atom stereocenters. The Morgan fingerprint density at radius 2 is 0.778 bits per heavy atom. The molecular weight excluding hydrogens is 985 g/mol. The first-order valence-corrected chi connectivity index (χ1v) is 27.7. The van der Waals surface area contributed by atoms with E-state index in [9.17, 15) is 0 Å². The molecule has 5 nitrogen and oxygen atoms in total. The maximum atomic E-state index is 6.65. The molecule has 0 saturated heterocycles. The lowest BCUT2D eigenvalue weighted by molar-refractivity contribution is 0.669. The van der Waals surface area contributed by atoms with E-state index in [1.807, 2.05) is 72.8 Å². The van der Waals surface area contributed by atoms with Crippen molar-refractivity contribution < 1.29 is 4.42 Å². The predicted octanol–water partition coefficient (Wildman–Crippen LogP) is 19.2. The average Bonchev–Trinajstić information content (AvgIpc) is 2.79. The first kappa shape index (κ1) is 45.3. The Kier molecular flexibility index (Phi) is 9.86. The van der Waals surface area contributed by atoms with E-state index in [4.69, 9.17) is 19.4 Å². The molecular formula is C76H46N4O. The lowest BCUT2D eigenvalue weighted by Gasteiger charge is -2.30. The van der Waals surface area contributed by atoms with Crippen LogP contribution in [0.2, 0.25) is 0 Å². The van der Waals surface area contributed by atoms with E-state index in [1.165, 1.54) is 83.1 Å². The number of nitrogens with zero attached hydrogens (tertiary/aromatic N) is 4. The van der Waals surface area contributed by atoms with E-state index in [2.05, 4.69) is 211 Å². The highest BCUT2D eigenvalue weighted by Crippen LogP contribution is 2.65. The van der Waals surface area contributed by atoms with Crippen LogP contribution < -0.4 is 0 Å². The van der Waals surface area contributed by atoms with E-state index >= 15 is 0 Å². The Balaban J connectivity index is 0.875. The van der Waals surface area contributed by atoms with Gasteiger partial charge < -0.3 is 8.98 Å². The summed E-state index contributed by atoms with van der Waals surface area (Å²) in [6, 6.07) is 101. The van der Waals surface area contributed by atoms with Crippen LogP contribution in [-0.4, -0.2) is 19.5 Å². The molecule has 0 aliphatic heterocycles. The monoisotopic (exact) mass is 1030 g/mol. The molecule has 17 rings (SSSR count). The molecule has 1 spiro atoms. The fraction of sp³-hybridized carbons (Fsp3) is 0.0132. The maximum absolute atomic E-state index is 6.65. The second kappa shape index (κ2) is 17.6. The Hall–Kier alpha value is -10.8. The number of hydrogen-bond donors (Lipinski definition) is 0. The Morgan fingerprint density at radius 1 is 0.296 bits per heavy atom.